The van der Waals surface area contributed by atoms with E-state index in [0.717, 1.165) is 16.7 Å². The van der Waals surface area contributed by atoms with Gasteiger partial charge in [0.25, 0.3) is 11.5 Å². The maximum atomic E-state index is 13.8. The van der Waals surface area contributed by atoms with Crippen molar-refractivity contribution in [2.75, 3.05) is 37.7 Å². The number of amides is 1. The molecule has 1 aliphatic heterocycles. The lowest BCUT2D eigenvalue weighted by Crippen LogP contribution is -2.50. The number of nitrogens with zero attached hydrogens (tertiary/aromatic N) is 6. The van der Waals surface area contributed by atoms with Gasteiger partial charge in [0.2, 0.25) is 5.95 Å². The molecule has 2 aromatic heterocycles. The molecule has 0 spiro atoms. The Hall–Kier alpha value is -4.92. The number of fused-ring (bicyclic) bond motifs is 1. The first-order valence-electron chi connectivity index (χ1n) is 13.0. The molecule has 10 nitrogen and oxygen atoms in total. The highest BCUT2D eigenvalue weighted by molar-refractivity contribution is 5.78. The lowest BCUT2D eigenvalue weighted by molar-refractivity contribution is -0.133. The lowest BCUT2D eigenvalue weighted by atomic mass is 10.2. The first-order chi connectivity index (χ1) is 19.8. The van der Waals surface area contributed by atoms with Gasteiger partial charge in [-0.1, -0.05) is 30.2 Å². The minimum absolute atomic E-state index is 0.0752. The molecule has 0 unspecified atom stereocenters. The van der Waals surface area contributed by atoms with Gasteiger partial charge < -0.3 is 14.5 Å². The van der Waals surface area contributed by atoms with Crippen LogP contribution in [-0.2, 0) is 24.9 Å². The van der Waals surface area contributed by atoms with Crippen molar-refractivity contribution in [3.63, 3.8) is 0 Å². The van der Waals surface area contributed by atoms with Gasteiger partial charge in [-0.3, -0.25) is 23.3 Å². The molecule has 1 saturated heterocycles. The number of anilines is 1. The topological polar surface area (TPSA) is 94.6 Å². The highest BCUT2D eigenvalue weighted by Crippen LogP contribution is 2.21. The fourth-order valence-corrected chi connectivity index (χ4v) is 4.78. The highest BCUT2D eigenvalue weighted by atomic mass is 19.2. The predicted molar refractivity (Wildman–Crippen MR) is 149 cm³/mol. The molecule has 212 valence electrons. The van der Waals surface area contributed by atoms with E-state index >= 15 is 0 Å². The number of carbonyl (C=O) groups excluding carboxylic acids is 1. The largest absolute Gasteiger partial charge is 0.484 e. The van der Waals surface area contributed by atoms with Crippen LogP contribution >= 0.6 is 0 Å². The number of carbonyl (C=O) groups is 1. The fraction of sp³-hybridized carbons (Fsp3) is 0.310. The highest BCUT2D eigenvalue weighted by Gasteiger charge is 2.27. The van der Waals surface area contributed by atoms with Crippen LogP contribution in [0.3, 0.4) is 0 Å². The van der Waals surface area contributed by atoms with Gasteiger partial charge in [-0.25, -0.2) is 13.6 Å². The van der Waals surface area contributed by atoms with Crippen molar-refractivity contribution in [2.45, 2.75) is 20.0 Å². The molecule has 0 bridgehead atoms. The van der Waals surface area contributed by atoms with Crippen LogP contribution in [0.25, 0.3) is 11.2 Å². The van der Waals surface area contributed by atoms with Crippen molar-refractivity contribution in [1.82, 2.24) is 23.6 Å². The van der Waals surface area contributed by atoms with E-state index in [0.29, 0.717) is 37.9 Å². The number of hydrogen-bond acceptors (Lipinski definition) is 6. The van der Waals surface area contributed by atoms with Crippen LogP contribution in [0.15, 0.2) is 58.1 Å². The smallest absolute Gasteiger partial charge is 0.332 e. The second kappa shape index (κ2) is 11.7. The van der Waals surface area contributed by atoms with Crippen molar-refractivity contribution in [3.05, 3.63) is 86.6 Å². The Morgan fingerprint density at radius 3 is 2.41 bits per heavy atom. The molecule has 0 radical (unpaired) electrons. The summed E-state index contributed by atoms with van der Waals surface area (Å²) >= 11 is 0. The Kier molecular flexibility index (Phi) is 7.87. The van der Waals surface area contributed by atoms with Crippen molar-refractivity contribution < 1.29 is 18.3 Å². The van der Waals surface area contributed by atoms with Crippen LogP contribution in [-0.4, -0.2) is 62.3 Å². The third-order valence-electron chi connectivity index (χ3n) is 6.97. The van der Waals surface area contributed by atoms with Gasteiger partial charge in [0.15, 0.2) is 29.4 Å². The van der Waals surface area contributed by atoms with Crippen LogP contribution in [0, 0.1) is 23.5 Å². The minimum Gasteiger partial charge on any atom is -0.484 e. The SMILES string of the molecule is CC#CCn1c(N2CCN(C(=O)COc3ccccc3)CC2)nc2c1c(=O)n(Cc1ccc(F)c(F)c1)c(=O)n2C. The van der Waals surface area contributed by atoms with Crippen LogP contribution < -0.4 is 20.9 Å². The molecule has 12 heteroatoms. The summed E-state index contributed by atoms with van der Waals surface area (Å²) in [5.74, 6) is 4.63. The van der Waals surface area contributed by atoms with E-state index in [-0.39, 0.29) is 42.3 Å². The van der Waals surface area contributed by atoms with Gasteiger partial charge in [-0.05, 0) is 36.8 Å². The predicted octanol–water partition coefficient (Wildman–Crippen LogP) is 1.97. The zero-order chi connectivity index (χ0) is 29.1. The van der Waals surface area contributed by atoms with E-state index in [4.69, 9.17) is 4.74 Å². The lowest BCUT2D eigenvalue weighted by Gasteiger charge is -2.35. The number of rotatable bonds is 7. The molecule has 0 N–H and O–H groups in total. The average molecular weight is 563 g/mol. The van der Waals surface area contributed by atoms with Gasteiger partial charge >= 0.3 is 5.69 Å². The maximum Gasteiger partial charge on any atom is 0.332 e. The van der Waals surface area contributed by atoms with E-state index < -0.39 is 22.9 Å². The number of ether oxygens (including phenoxy) is 1. The van der Waals surface area contributed by atoms with Crippen molar-refractivity contribution >= 4 is 23.0 Å². The van der Waals surface area contributed by atoms with Crippen molar-refractivity contribution in [1.29, 1.82) is 0 Å². The summed E-state index contributed by atoms with van der Waals surface area (Å²) in [6.45, 7) is 3.22. The van der Waals surface area contributed by atoms with E-state index in [9.17, 15) is 23.2 Å². The zero-order valence-corrected chi connectivity index (χ0v) is 22.6. The molecule has 0 atom stereocenters. The third-order valence-corrected chi connectivity index (χ3v) is 6.97. The molecule has 2 aromatic carbocycles. The number of halogens is 2. The van der Waals surface area contributed by atoms with Gasteiger partial charge in [0, 0.05) is 33.2 Å². The van der Waals surface area contributed by atoms with Crippen LogP contribution in [0.4, 0.5) is 14.7 Å². The summed E-state index contributed by atoms with van der Waals surface area (Å²) in [4.78, 5) is 47.9. The molecular weight excluding hydrogens is 534 g/mol. The molecular formula is C29H28F2N6O4. The molecule has 0 saturated carbocycles. The first-order valence-corrected chi connectivity index (χ1v) is 13.0. The summed E-state index contributed by atoms with van der Waals surface area (Å²) < 4.78 is 36.7. The molecule has 1 amide bonds. The number of aromatic nitrogens is 4. The molecule has 3 heterocycles. The normalized spacial score (nSPS) is 13.3. The van der Waals surface area contributed by atoms with Crippen molar-refractivity contribution in [2.24, 2.45) is 7.05 Å². The summed E-state index contributed by atoms with van der Waals surface area (Å²) in [6.07, 6.45) is 0. The zero-order valence-electron chi connectivity index (χ0n) is 22.6. The standard InChI is InChI=1S/C29H28F2N6O4/c1-3-4-12-36-25-26(33(2)29(40)37(27(25)39)18-20-10-11-22(30)23(31)17-20)32-28(36)35-15-13-34(14-16-35)24(38)19-41-21-8-6-5-7-9-21/h5-11,17H,12-16,18-19H2,1-2H3. The van der Waals surface area contributed by atoms with Crippen molar-refractivity contribution in [3.8, 4) is 17.6 Å². The Balaban J connectivity index is 1.43. The Morgan fingerprint density at radius 1 is 1.00 bits per heavy atom. The average Bonchev–Trinajstić information content (AvgIpc) is 3.38. The second-order valence-electron chi connectivity index (χ2n) is 9.55. The molecule has 4 aromatic rings. The van der Waals surface area contributed by atoms with Crippen LogP contribution in [0.5, 0.6) is 5.75 Å². The van der Waals surface area contributed by atoms with E-state index in [1.807, 2.05) is 23.1 Å². The van der Waals surface area contributed by atoms with Crippen LogP contribution in [0.2, 0.25) is 0 Å². The fourth-order valence-electron chi connectivity index (χ4n) is 4.78. The number of aryl methyl sites for hydroxylation is 1. The number of piperazine rings is 1. The monoisotopic (exact) mass is 562 g/mol. The molecule has 5 rings (SSSR count). The summed E-state index contributed by atoms with van der Waals surface area (Å²) in [7, 11) is 1.50. The number of para-hydroxylation sites is 1. The molecule has 1 fully saturated rings. The Bertz CT molecular complexity index is 1780. The van der Waals surface area contributed by atoms with Gasteiger partial charge in [-0.2, -0.15) is 4.98 Å². The Morgan fingerprint density at radius 2 is 1.73 bits per heavy atom. The number of imidazole rings is 1. The summed E-state index contributed by atoms with van der Waals surface area (Å²) in [5.41, 5.74) is -0.638. The maximum absolute atomic E-state index is 13.8. The second-order valence-corrected chi connectivity index (χ2v) is 9.55. The Labute approximate surface area is 234 Å². The summed E-state index contributed by atoms with van der Waals surface area (Å²) in [5, 5.41) is 0. The van der Waals surface area contributed by atoms with Gasteiger partial charge in [-0.15, -0.1) is 5.92 Å². The minimum atomic E-state index is -1.07. The third kappa shape index (κ3) is 5.56. The quantitative estimate of drug-likeness (QED) is 0.320. The molecule has 41 heavy (non-hydrogen) atoms. The van der Waals surface area contributed by atoms with Gasteiger partial charge in [0.1, 0.15) is 5.75 Å². The molecule has 0 aliphatic carbocycles. The van der Waals surface area contributed by atoms with E-state index in [1.54, 1.807) is 28.5 Å². The first kappa shape index (κ1) is 27.6. The number of hydrogen-bond donors (Lipinski definition) is 0. The summed E-state index contributed by atoms with van der Waals surface area (Å²) in [6, 6.07) is 12.3. The van der Waals surface area contributed by atoms with Crippen LogP contribution in [0.1, 0.15) is 12.5 Å². The van der Waals surface area contributed by atoms with E-state index in [2.05, 4.69) is 16.8 Å². The molecule has 1 aliphatic rings. The number of benzene rings is 2. The van der Waals surface area contributed by atoms with E-state index in [1.165, 1.54) is 17.7 Å². The van der Waals surface area contributed by atoms with Gasteiger partial charge in [0.05, 0.1) is 13.1 Å².